The second-order valence-corrected chi connectivity index (χ2v) is 4.16. The molecule has 1 aromatic carbocycles. The average Bonchev–Trinajstić information content (AvgIpc) is 2.30. The molecule has 1 atom stereocenters. The molecular weight excluding hydrogens is 290 g/mol. The summed E-state index contributed by atoms with van der Waals surface area (Å²) >= 11 is 3.14. The Balaban J connectivity index is 2.71. The summed E-state index contributed by atoms with van der Waals surface area (Å²) in [6.07, 6.45) is 0.323. The Labute approximate surface area is 106 Å². The van der Waals surface area contributed by atoms with E-state index < -0.39 is 11.0 Å². The van der Waals surface area contributed by atoms with Crippen LogP contribution in [0, 0.1) is 21.4 Å². The van der Waals surface area contributed by atoms with Crippen LogP contribution in [0.1, 0.15) is 6.42 Å². The van der Waals surface area contributed by atoms with Gasteiger partial charge in [-0.25, -0.2) is 0 Å². The summed E-state index contributed by atoms with van der Waals surface area (Å²) in [6.45, 7) is 0.164. The number of nitro groups is 1. The Bertz CT molecular complexity index is 459. The van der Waals surface area contributed by atoms with Crippen molar-refractivity contribution in [3.05, 3.63) is 32.8 Å². The molecular formula is C10H10BrN3O3. The smallest absolute Gasteiger partial charge is 0.312 e. The standard InChI is InChI=1S/C10H10BrN3O3/c11-7-1-2-10(9(5-7)14(15)16)17-4-3-8(13)6-12/h1-2,5,8H,3-4,13H2. The van der Waals surface area contributed by atoms with Crippen LogP contribution in [0.15, 0.2) is 22.7 Å². The number of hydrogen-bond acceptors (Lipinski definition) is 5. The number of nitro benzene ring substituents is 1. The van der Waals surface area contributed by atoms with E-state index in [9.17, 15) is 10.1 Å². The van der Waals surface area contributed by atoms with E-state index in [1.54, 1.807) is 6.07 Å². The van der Waals surface area contributed by atoms with Gasteiger partial charge in [0, 0.05) is 17.0 Å². The van der Waals surface area contributed by atoms with Gasteiger partial charge in [0.25, 0.3) is 0 Å². The SMILES string of the molecule is N#CC(N)CCOc1ccc(Br)cc1[N+](=O)[O-]. The van der Waals surface area contributed by atoms with Crippen molar-refractivity contribution in [1.29, 1.82) is 5.26 Å². The van der Waals surface area contributed by atoms with Gasteiger partial charge in [-0.1, -0.05) is 15.9 Å². The molecule has 0 bridgehead atoms. The Morgan fingerprint density at radius 3 is 2.94 bits per heavy atom. The molecule has 0 saturated heterocycles. The minimum absolute atomic E-state index is 0.120. The van der Waals surface area contributed by atoms with E-state index in [-0.39, 0.29) is 18.0 Å². The van der Waals surface area contributed by atoms with E-state index in [1.807, 2.05) is 6.07 Å². The Kier molecular flexibility index (Phi) is 4.87. The Hall–Kier alpha value is -1.65. The molecule has 0 amide bonds. The summed E-state index contributed by atoms with van der Waals surface area (Å²) in [5.41, 5.74) is 5.26. The normalized spacial score (nSPS) is 11.6. The first kappa shape index (κ1) is 13.4. The molecule has 0 spiro atoms. The van der Waals surface area contributed by atoms with Gasteiger partial charge in [-0.2, -0.15) is 5.26 Å². The van der Waals surface area contributed by atoms with E-state index >= 15 is 0 Å². The number of nitrogens with zero attached hydrogens (tertiary/aromatic N) is 2. The van der Waals surface area contributed by atoms with Crippen LogP contribution in [-0.2, 0) is 0 Å². The lowest BCUT2D eigenvalue weighted by Gasteiger charge is -2.07. The first-order valence-electron chi connectivity index (χ1n) is 4.76. The van der Waals surface area contributed by atoms with Crippen molar-refractivity contribution in [2.45, 2.75) is 12.5 Å². The highest BCUT2D eigenvalue weighted by Crippen LogP contribution is 2.30. The van der Waals surface area contributed by atoms with Gasteiger partial charge < -0.3 is 10.5 Å². The van der Waals surface area contributed by atoms with Crippen molar-refractivity contribution >= 4 is 21.6 Å². The maximum absolute atomic E-state index is 10.8. The van der Waals surface area contributed by atoms with E-state index in [4.69, 9.17) is 15.7 Å². The lowest BCUT2D eigenvalue weighted by molar-refractivity contribution is -0.385. The van der Waals surface area contributed by atoms with Gasteiger partial charge >= 0.3 is 5.69 Å². The number of hydrogen-bond donors (Lipinski definition) is 1. The van der Waals surface area contributed by atoms with Crippen LogP contribution in [0.4, 0.5) is 5.69 Å². The molecule has 0 saturated carbocycles. The number of rotatable bonds is 5. The third-order valence-electron chi connectivity index (χ3n) is 1.97. The fourth-order valence-electron chi connectivity index (χ4n) is 1.12. The van der Waals surface area contributed by atoms with E-state index in [1.165, 1.54) is 12.1 Å². The predicted molar refractivity (Wildman–Crippen MR) is 64.5 cm³/mol. The van der Waals surface area contributed by atoms with Gasteiger partial charge in [-0.15, -0.1) is 0 Å². The third kappa shape index (κ3) is 4.01. The zero-order valence-corrected chi connectivity index (χ0v) is 10.4. The van der Waals surface area contributed by atoms with E-state index in [0.717, 1.165) is 0 Å². The van der Waals surface area contributed by atoms with Gasteiger partial charge in [0.15, 0.2) is 5.75 Å². The molecule has 0 aliphatic heterocycles. The second kappa shape index (κ2) is 6.18. The zero-order chi connectivity index (χ0) is 12.8. The molecule has 0 fully saturated rings. The zero-order valence-electron chi connectivity index (χ0n) is 8.80. The fraction of sp³-hybridized carbons (Fsp3) is 0.300. The van der Waals surface area contributed by atoms with Crippen LogP contribution in [0.25, 0.3) is 0 Å². The highest BCUT2D eigenvalue weighted by molar-refractivity contribution is 9.10. The number of halogens is 1. The minimum atomic E-state index is -0.621. The Morgan fingerprint density at radius 2 is 2.35 bits per heavy atom. The first-order chi connectivity index (χ1) is 8.04. The van der Waals surface area contributed by atoms with Crippen LogP contribution in [0.2, 0.25) is 0 Å². The quantitative estimate of drug-likeness (QED) is 0.661. The summed E-state index contributed by atoms with van der Waals surface area (Å²) < 4.78 is 5.83. The third-order valence-corrected chi connectivity index (χ3v) is 2.46. The van der Waals surface area contributed by atoms with Crippen molar-refractivity contribution in [3.63, 3.8) is 0 Å². The largest absolute Gasteiger partial charge is 0.487 e. The van der Waals surface area contributed by atoms with Crippen molar-refractivity contribution in [2.24, 2.45) is 5.73 Å². The number of nitrogens with two attached hydrogens (primary N) is 1. The molecule has 7 heteroatoms. The number of nitriles is 1. The molecule has 1 aromatic rings. The molecule has 90 valence electrons. The maximum Gasteiger partial charge on any atom is 0.312 e. The van der Waals surface area contributed by atoms with Crippen LogP contribution in [0.5, 0.6) is 5.75 Å². The highest BCUT2D eigenvalue weighted by Gasteiger charge is 2.15. The van der Waals surface area contributed by atoms with Crippen molar-refractivity contribution in [2.75, 3.05) is 6.61 Å². The molecule has 1 rings (SSSR count). The van der Waals surface area contributed by atoms with Crippen molar-refractivity contribution in [1.82, 2.24) is 0 Å². The molecule has 6 nitrogen and oxygen atoms in total. The molecule has 0 aromatic heterocycles. The minimum Gasteiger partial charge on any atom is -0.487 e. The topological polar surface area (TPSA) is 102 Å². The van der Waals surface area contributed by atoms with Crippen LogP contribution in [-0.4, -0.2) is 17.6 Å². The summed E-state index contributed by atoms with van der Waals surface area (Å²) in [5, 5.41) is 19.2. The van der Waals surface area contributed by atoms with Gasteiger partial charge in [0.05, 0.1) is 23.6 Å². The summed E-state index contributed by atoms with van der Waals surface area (Å²) in [7, 11) is 0. The van der Waals surface area contributed by atoms with Gasteiger partial charge in [-0.3, -0.25) is 10.1 Å². The second-order valence-electron chi connectivity index (χ2n) is 3.24. The molecule has 1 unspecified atom stereocenters. The summed E-state index contributed by atoms with van der Waals surface area (Å²) in [6, 6.07) is 5.74. The molecule has 0 aliphatic carbocycles. The molecule has 0 radical (unpaired) electrons. The van der Waals surface area contributed by atoms with Crippen molar-refractivity contribution < 1.29 is 9.66 Å². The maximum atomic E-state index is 10.8. The van der Waals surface area contributed by atoms with Crippen LogP contribution in [0.3, 0.4) is 0 Å². The van der Waals surface area contributed by atoms with Gasteiger partial charge in [-0.05, 0) is 12.1 Å². The monoisotopic (exact) mass is 299 g/mol. The predicted octanol–water partition coefficient (Wildman–Crippen LogP) is 1.98. The summed E-state index contributed by atoms with van der Waals surface area (Å²) in [4.78, 5) is 10.2. The fourth-order valence-corrected chi connectivity index (χ4v) is 1.46. The summed E-state index contributed by atoms with van der Waals surface area (Å²) in [5.74, 6) is 0.170. The molecule has 0 heterocycles. The molecule has 2 N–H and O–H groups in total. The lowest BCUT2D eigenvalue weighted by Crippen LogP contribution is -2.20. The highest BCUT2D eigenvalue weighted by atomic mass is 79.9. The van der Waals surface area contributed by atoms with Crippen LogP contribution < -0.4 is 10.5 Å². The van der Waals surface area contributed by atoms with E-state index in [0.29, 0.717) is 10.9 Å². The molecule has 0 aliphatic rings. The lowest BCUT2D eigenvalue weighted by atomic mass is 10.2. The van der Waals surface area contributed by atoms with Crippen LogP contribution >= 0.6 is 15.9 Å². The van der Waals surface area contributed by atoms with E-state index in [2.05, 4.69) is 15.9 Å². The average molecular weight is 300 g/mol. The number of benzene rings is 1. The number of ether oxygens (including phenoxy) is 1. The van der Waals surface area contributed by atoms with Gasteiger partial charge in [0.2, 0.25) is 0 Å². The Morgan fingerprint density at radius 1 is 1.65 bits per heavy atom. The van der Waals surface area contributed by atoms with Crippen molar-refractivity contribution in [3.8, 4) is 11.8 Å². The first-order valence-corrected chi connectivity index (χ1v) is 5.56. The van der Waals surface area contributed by atoms with Gasteiger partial charge in [0.1, 0.15) is 0 Å². The molecule has 17 heavy (non-hydrogen) atoms.